The van der Waals surface area contributed by atoms with Crippen molar-refractivity contribution >= 4 is 23.1 Å². The summed E-state index contributed by atoms with van der Waals surface area (Å²) in [4.78, 5) is 2.73. The minimum Gasteiger partial charge on any atom is -0.508 e. The first-order valence-corrected chi connectivity index (χ1v) is 10.5. The topological polar surface area (TPSA) is 23.5 Å². The molecule has 3 aliphatic rings. The van der Waals surface area contributed by atoms with E-state index in [1.54, 1.807) is 0 Å². The van der Waals surface area contributed by atoms with Crippen molar-refractivity contribution in [2.75, 3.05) is 13.1 Å². The molecular weight excluding hydrogens is 410 g/mol. The first kappa shape index (κ1) is 19.7. The van der Waals surface area contributed by atoms with Crippen molar-refractivity contribution in [3.63, 3.8) is 0 Å². The van der Waals surface area contributed by atoms with Gasteiger partial charge in [0.2, 0.25) is 0 Å². The second kappa shape index (κ2) is 8.04. The fourth-order valence-electron chi connectivity index (χ4n) is 6.19. The van der Waals surface area contributed by atoms with Gasteiger partial charge in [-0.05, 0) is 67.0 Å². The maximum Gasteiger partial charge on any atom is 0.115 e. The van der Waals surface area contributed by atoms with E-state index in [2.05, 4.69) is 59.5 Å². The summed E-state index contributed by atoms with van der Waals surface area (Å²) in [7, 11) is 0. The van der Waals surface area contributed by atoms with Crippen LogP contribution in [0.15, 0.2) is 54.6 Å². The van der Waals surface area contributed by atoms with E-state index in [0.717, 1.165) is 18.9 Å². The van der Waals surface area contributed by atoms with Gasteiger partial charge in [0.05, 0.1) is 0 Å². The van der Waals surface area contributed by atoms with Gasteiger partial charge in [-0.3, -0.25) is 4.90 Å². The number of hydrogen-bond acceptors (Lipinski definition) is 2. The number of likely N-dealkylation sites (tertiary alicyclic amines) is 1. The molecule has 0 unspecified atom stereocenters. The molecule has 148 valence electrons. The molecule has 2 aromatic carbocycles. The predicted molar refractivity (Wildman–Crippen MR) is 121 cm³/mol. The molecule has 0 aromatic heterocycles. The van der Waals surface area contributed by atoms with Crippen molar-refractivity contribution in [1.82, 2.24) is 4.90 Å². The van der Waals surface area contributed by atoms with E-state index < -0.39 is 0 Å². The summed E-state index contributed by atoms with van der Waals surface area (Å²) in [6.45, 7) is 2.22. The summed E-state index contributed by atoms with van der Waals surface area (Å²) in [5, 5.41) is 10.1. The van der Waals surface area contributed by atoms with Crippen molar-refractivity contribution < 1.29 is 5.11 Å². The first-order valence-electron chi connectivity index (χ1n) is 10.5. The molecule has 3 atom stereocenters. The van der Waals surface area contributed by atoms with E-state index >= 15 is 0 Å². The zero-order chi connectivity index (χ0) is 18.3. The van der Waals surface area contributed by atoms with Gasteiger partial charge in [0.15, 0.2) is 0 Å². The monoisotopic (exact) mass is 439 g/mol. The van der Waals surface area contributed by atoms with E-state index in [4.69, 9.17) is 0 Å². The molecule has 0 radical (unpaired) electrons. The number of phenolic OH excluding ortho intramolecular Hbond substituents is 1. The van der Waals surface area contributed by atoms with Gasteiger partial charge < -0.3 is 5.11 Å². The third-order valence-corrected chi connectivity index (χ3v) is 7.39. The Morgan fingerprint density at radius 2 is 1.93 bits per heavy atom. The van der Waals surface area contributed by atoms with Crippen molar-refractivity contribution in [3.05, 3.63) is 71.3 Å². The molecule has 1 aliphatic heterocycles. The van der Waals surface area contributed by atoms with Crippen LogP contribution in [0.25, 0.3) is 6.08 Å². The predicted octanol–water partition coefficient (Wildman–Crippen LogP) is 5.74. The van der Waals surface area contributed by atoms with Crippen LogP contribution in [-0.2, 0) is 11.8 Å². The van der Waals surface area contributed by atoms with Crippen LogP contribution >= 0.6 is 17.0 Å². The summed E-state index contributed by atoms with van der Waals surface area (Å²) >= 11 is 0. The fraction of sp³-hybridized carbons (Fsp3) is 0.440. The Morgan fingerprint density at radius 3 is 2.79 bits per heavy atom. The fourth-order valence-corrected chi connectivity index (χ4v) is 6.19. The third-order valence-electron chi connectivity index (χ3n) is 7.39. The van der Waals surface area contributed by atoms with E-state index in [-0.39, 0.29) is 17.0 Å². The Balaban J connectivity index is 0.00000192. The van der Waals surface area contributed by atoms with Gasteiger partial charge in [-0.2, -0.15) is 0 Å². The largest absolute Gasteiger partial charge is 0.508 e. The first-order chi connectivity index (χ1) is 13.3. The molecule has 1 saturated carbocycles. The lowest BCUT2D eigenvalue weighted by molar-refractivity contribution is -0.00513. The molecule has 2 aromatic rings. The summed E-state index contributed by atoms with van der Waals surface area (Å²) in [6, 6.07) is 17.4. The van der Waals surface area contributed by atoms with Gasteiger partial charge >= 0.3 is 0 Å². The number of piperidine rings is 1. The van der Waals surface area contributed by atoms with Crippen molar-refractivity contribution in [3.8, 4) is 5.75 Å². The van der Waals surface area contributed by atoms with Crippen LogP contribution in [0.5, 0.6) is 5.75 Å². The van der Waals surface area contributed by atoms with Gasteiger partial charge in [-0.15, -0.1) is 17.0 Å². The maximum absolute atomic E-state index is 10.1. The van der Waals surface area contributed by atoms with Crippen LogP contribution in [0.4, 0.5) is 0 Å². The summed E-state index contributed by atoms with van der Waals surface area (Å²) in [6.07, 6.45) is 12.3. The van der Waals surface area contributed by atoms with Crippen molar-refractivity contribution in [1.29, 1.82) is 0 Å². The Labute approximate surface area is 179 Å². The maximum atomic E-state index is 10.1. The molecule has 5 rings (SSSR count). The smallest absolute Gasteiger partial charge is 0.115 e. The minimum absolute atomic E-state index is 0. The Hall–Kier alpha value is -1.58. The summed E-state index contributed by atoms with van der Waals surface area (Å²) < 4.78 is 0. The van der Waals surface area contributed by atoms with Crippen molar-refractivity contribution in [2.45, 2.75) is 50.0 Å². The molecule has 3 heteroatoms. The van der Waals surface area contributed by atoms with Crippen LogP contribution in [0.1, 0.15) is 48.8 Å². The zero-order valence-corrected chi connectivity index (χ0v) is 18.1. The van der Waals surface area contributed by atoms with Gasteiger partial charge in [-0.25, -0.2) is 0 Å². The highest BCUT2D eigenvalue weighted by molar-refractivity contribution is 8.93. The summed E-state index contributed by atoms with van der Waals surface area (Å²) in [5.41, 5.74) is 4.55. The molecular formula is C25H30BrNO. The highest BCUT2D eigenvalue weighted by Gasteiger charge is 2.53. The normalized spacial score (nSPS) is 29.0. The quantitative estimate of drug-likeness (QED) is 0.658. The number of aromatic hydroxyl groups is 1. The van der Waals surface area contributed by atoms with E-state index in [0.29, 0.717) is 17.2 Å². The summed E-state index contributed by atoms with van der Waals surface area (Å²) in [5.74, 6) is 1.19. The molecule has 2 nitrogen and oxygen atoms in total. The van der Waals surface area contributed by atoms with Gasteiger partial charge in [0.1, 0.15) is 5.75 Å². The van der Waals surface area contributed by atoms with E-state index in [1.165, 1.54) is 55.3 Å². The van der Waals surface area contributed by atoms with Gasteiger partial charge in [0, 0.05) is 18.0 Å². The minimum atomic E-state index is 0. The molecule has 0 spiro atoms. The average molecular weight is 440 g/mol. The molecule has 2 aliphatic carbocycles. The SMILES string of the molecule is Br.Oc1ccc2c(c1)[C@]13CCCC[C@H]1[C@H](C2)N(C/C=C/c1ccccc1)CC3. The Kier molecular flexibility index (Phi) is 5.66. The lowest BCUT2D eigenvalue weighted by Gasteiger charge is -2.59. The molecule has 1 saturated heterocycles. The van der Waals surface area contributed by atoms with E-state index in [1.807, 2.05) is 6.07 Å². The highest BCUT2D eigenvalue weighted by Crippen LogP contribution is 2.56. The lowest BCUT2D eigenvalue weighted by atomic mass is 9.52. The van der Waals surface area contributed by atoms with E-state index in [9.17, 15) is 5.11 Å². The molecule has 28 heavy (non-hydrogen) atoms. The van der Waals surface area contributed by atoms with Gasteiger partial charge in [-0.1, -0.05) is 61.4 Å². The molecule has 0 amide bonds. The van der Waals surface area contributed by atoms with Crippen LogP contribution in [0, 0.1) is 5.92 Å². The highest BCUT2D eigenvalue weighted by atomic mass is 79.9. The zero-order valence-electron chi connectivity index (χ0n) is 16.4. The van der Waals surface area contributed by atoms with Crippen LogP contribution in [0.3, 0.4) is 0 Å². The molecule has 2 bridgehead atoms. The Bertz CT molecular complexity index is 849. The van der Waals surface area contributed by atoms with Crippen LogP contribution in [-0.4, -0.2) is 29.1 Å². The van der Waals surface area contributed by atoms with Crippen LogP contribution in [0.2, 0.25) is 0 Å². The Morgan fingerprint density at radius 1 is 1.07 bits per heavy atom. The van der Waals surface area contributed by atoms with Gasteiger partial charge in [0.25, 0.3) is 0 Å². The van der Waals surface area contributed by atoms with Crippen LogP contribution < -0.4 is 0 Å². The van der Waals surface area contributed by atoms with Crippen molar-refractivity contribution in [2.24, 2.45) is 5.92 Å². The number of nitrogens with zero attached hydrogens (tertiary/aromatic N) is 1. The lowest BCUT2D eigenvalue weighted by Crippen LogP contribution is -2.60. The number of hydrogen-bond donors (Lipinski definition) is 1. The standard InChI is InChI=1S/C25H29NO.BrH/c27-21-12-11-20-17-24-22-10-4-5-13-25(22,23(20)18-21)14-16-26(24)15-6-9-19-7-2-1-3-8-19;/h1-3,6-9,11-12,18,22,24,27H,4-5,10,13-17H2;1H/b9-6+;/t22-,24-,25-;/m0./s1. The second-order valence-electron chi connectivity index (χ2n) is 8.68. The number of fused-ring (bicyclic) bond motifs is 1. The number of rotatable bonds is 3. The third kappa shape index (κ3) is 3.33. The number of phenols is 1. The molecule has 1 N–H and O–H groups in total. The average Bonchev–Trinajstić information content (AvgIpc) is 2.71. The number of halogens is 1. The second-order valence-corrected chi connectivity index (χ2v) is 8.68. The molecule has 1 heterocycles. The molecule has 2 fully saturated rings. The number of benzene rings is 2.